The molecule has 1 aliphatic rings. The number of piperidine rings is 1. The van der Waals surface area contributed by atoms with Crippen LogP contribution in [0.15, 0.2) is 23.0 Å². The van der Waals surface area contributed by atoms with E-state index in [1.54, 1.807) is 0 Å². The van der Waals surface area contributed by atoms with E-state index in [9.17, 15) is 14.0 Å². The summed E-state index contributed by atoms with van der Waals surface area (Å²) < 4.78 is 14.7. The maximum Gasteiger partial charge on any atom is 0.277 e. The number of fused-ring (bicyclic) bond motifs is 3. The van der Waals surface area contributed by atoms with Gasteiger partial charge in [-0.15, -0.1) is 5.10 Å². The van der Waals surface area contributed by atoms with Gasteiger partial charge in [0, 0.05) is 19.1 Å². The zero-order valence-corrected chi connectivity index (χ0v) is 16.4. The molecule has 3 aromatic rings. The first kappa shape index (κ1) is 19.5. The van der Waals surface area contributed by atoms with Crippen LogP contribution in [0.4, 0.5) is 4.39 Å². The quantitative estimate of drug-likeness (QED) is 0.618. The van der Waals surface area contributed by atoms with Gasteiger partial charge in [0.25, 0.3) is 11.5 Å². The van der Waals surface area contributed by atoms with Crippen molar-refractivity contribution < 1.29 is 9.18 Å². The Bertz CT molecular complexity index is 1090. The minimum absolute atomic E-state index is 0.0260. The number of carbonyl (C=O) groups is 1. The van der Waals surface area contributed by atoms with Crippen LogP contribution in [0.2, 0.25) is 0 Å². The number of aromatic nitrogens is 4. The van der Waals surface area contributed by atoms with E-state index in [0.717, 1.165) is 25.9 Å². The monoisotopic (exact) mass is 400 g/mol. The summed E-state index contributed by atoms with van der Waals surface area (Å²) >= 11 is 0. The molecule has 8 nitrogen and oxygen atoms in total. The Labute approximate surface area is 167 Å². The van der Waals surface area contributed by atoms with Crippen molar-refractivity contribution in [2.45, 2.75) is 45.1 Å². The molecular weight excluding hydrogens is 375 g/mol. The van der Waals surface area contributed by atoms with Crippen LogP contribution >= 0.6 is 0 Å². The van der Waals surface area contributed by atoms with Gasteiger partial charge in [0.1, 0.15) is 5.82 Å². The summed E-state index contributed by atoms with van der Waals surface area (Å²) in [5.74, 6) is -0.901. The summed E-state index contributed by atoms with van der Waals surface area (Å²) in [5, 5.41) is 10.7. The molecule has 0 saturated carbocycles. The van der Waals surface area contributed by atoms with Gasteiger partial charge in [0.2, 0.25) is 0 Å². The topological polar surface area (TPSA) is 95.4 Å². The second-order valence-electron chi connectivity index (χ2n) is 7.52. The number of rotatable bonds is 6. The van der Waals surface area contributed by atoms with E-state index in [1.165, 1.54) is 42.0 Å². The van der Waals surface area contributed by atoms with Gasteiger partial charge < -0.3 is 15.2 Å². The van der Waals surface area contributed by atoms with E-state index in [1.807, 2.05) is 0 Å². The predicted octanol–water partition coefficient (Wildman–Crippen LogP) is 2.09. The fourth-order valence-electron chi connectivity index (χ4n) is 4.17. The molecule has 2 aromatic heterocycles. The number of nitrogens with zero attached hydrogens (tertiary/aromatic N) is 4. The maximum absolute atomic E-state index is 13.4. The average molecular weight is 400 g/mol. The molecule has 1 aliphatic heterocycles. The molecule has 3 heterocycles. The van der Waals surface area contributed by atoms with Crippen LogP contribution in [-0.2, 0) is 0 Å². The van der Waals surface area contributed by atoms with Gasteiger partial charge in [-0.3, -0.25) is 9.59 Å². The van der Waals surface area contributed by atoms with Crippen LogP contribution in [0.5, 0.6) is 0 Å². The van der Waals surface area contributed by atoms with E-state index in [-0.39, 0.29) is 11.2 Å². The molecule has 1 saturated heterocycles. The molecule has 0 unspecified atom stereocenters. The highest BCUT2D eigenvalue weighted by atomic mass is 19.1. The van der Waals surface area contributed by atoms with Crippen LogP contribution in [0.25, 0.3) is 16.6 Å². The van der Waals surface area contributed by atoms with Crippen molar-refractivity contribution in [3.8, 4) is 0 Å². The molecular formula is C20H25FN6O2. The highest BCUT2D eigenvalue weighted by Gasteiger charge is 2.21. The van der Waals surface area contributed by atoms with Crippen molar-refractivity contribution in [2.24, 2.45) is 0 Å². The Balaban J connectivity index is 1.45. The number of hydrogen-bond acceptors (Lipinski definition) is 5. The molecule has 1 fully saturated rings. The number of halogens is 1. The van der Waals surface area contributed by atoms with Crippen molar-refractivity contribution >= 4 is 22.5 Å². The Hall–Kier alpha value is -2.81. The fraction of sp³-hybridized carbons (Fsp3) is 0.500. The first-order valence-electron chi connectivity index (χ1n) is 10.2. The highest BCUT2D eigenvalue weighted by Crippen LogP contribution is 2.19. The standard InChI is InChI=1S/C20H25FN6O2/c1-2-14-6-3-4-10-26(14)11-5-9-22-19(28)17-18-20(29)23-15-12-13(21)7-8-16(15)27(18)25-24-17/h7-8,12,14H,2-6,9-11H2,1H3,(H,22,28)(H,23,29)/t14-/m1/s1. The van der Waals surface area contributed by atoms with E-state index < -0.39 is 17.3 Å². The Kier molecular flexibility index (Phi) is 5.57. The summed E-state index contributed by atoms with van der Waals surface area (Å²) in [6, 6.07) is 4.61. The van der Waals surface area contributed by atoms with Gasteiger partial charge in [-0.25, -0.2) is 8.91 Å². The van der Waals surface area contributed by atoms with E-state index >= 15 is 0 Å². The summed E-state index contributed by atoms with van der Waals surface area (Å²) in [6.07, 6.45) is 5.76. The summed E-state index contributed by atoms with van der Waals surface area (Å²) in [6.45, 7) is 4.78. The number of carbonyl (C=O) groups excluding carboxylic acids is 1. The van der Waals surface area contributed by atoms with E-state index in [4.69, 9.17) is 0 Å². The number of amides is 1. The van der Waals surface area contributed by atoms with Crippen molar-refractivity contribution in [1.29, 1.82) is 0 Å². The van der Waals surface area contributed by atoms with Crippen LogP contribution < -0.4 is 10.9 Å². The molecule has 1 aromatic carbocycles. The SMILES string of the molecule is CC[C@@H]1CCCCN1CCCNC(=O)c1nnn2c1c(=O)[nH]c1cc(F)ccc12. The van der Waals surface area contributed by atoms with Gasteiger partial charge >= 0.3 is 0 Å². The van der Waals surface area contributed by atoms with E-state index in [0.29, 0.717) is 23.6 Å². The largest absolute Gasteiger partial charge is 0.351 e. The average Bonchev–Trinajstić information content (AvgIpc) is 3.17. The minimum atomic E-state index is -0.530. The van der Waals surface area contributed by atoms with Crippen molar-refractivity contribution in [2.75, 3.05) is 19.6 Å². The third-order valence-corrected chi connectivity index (χ3v) is 5.66. The lowest BCUT2D eigenvalue weighted by Crippen LogP contribution is -2.40. The molecule has 154 valence electrons. The Morgan fingerprint density at radius 1 is 1.38 bits per heavy atom. The number of likely N-dealkylation sites (tertiary alicyclic amines) is 1. The number of benzene rings is 1. The maximum atomic E-state index is 13.4. The third kappa shape index (κ3) is 3.87. The van der Waals surface area contributed by atoms with E-state index in [2.05, 4.69) is 32.4 Å². The molecule has 29 heavy (non-hydrogen) atoms. The number of hydrogen-bond donors (Lipinski definition) is 2. The van der Waals surface area contributed by atoms with Gasteiger partial charge in [0.15, 0.2) is 11.2 Å². The summed E-state index contributed by atoms with van der Waals surface area (Å²) in [7, 11) is 0. The lowest BCUT2D eigenvalue weighted by molar-refractivity contribution is 0.0944. The molecule has 9 heteroatoms. The Morgan fingerprint density at radius 3 is 3.07 bits per heavy atom. The highest BCUT2D eigenvalue weighted by molar-refractivity contribution is 5.99. The molecule has 2 N–H and O–H groups in total. The first-order chi connectivity index (χ1) is 14.1. The third-order valence-electron chi connectivity index (χ3n) is 5.66. The van der Waals surface area contributed by atoms with Crippen LogP contribution in [0, 0.1) is 5.82 Å². The fourth-order valence-corrected chi connectivity index (χ4v) is 4.17. The number of nitrogens with one attached hydrogen (secondary N) is 2. The molecule has 0 aliphatic carbocycles. The Morgan fingerprint density at radius 2 is 2.24 bits per heavy atom. The van der Waals surface area contributed by atoms with Crippen LogP contribution in [0.3, 0.4) is 0 Å². The smallest absolute Gasteiger partial charge is 0.277 e. The molecule has 1 amide bonds. The lowest BCUT2D eigenvalue weighted by atomic mass is 10.00. The zero-order valence-electron chi connectivity index (χ0n) is 16.4. The second kappa shape index (κ2) is 8.28. The minimum Gasteiger partial charge on any atom is -0.351 e. The van der Waals surface area contributed by atoms with Crippen LogP contribution in [-0.4, -0.2) is 56.3 Å². The normalized spacial score (nSPS) is 17.8. The van der Waals surface area contributed by atoms with Gasteiger partial charge in [-0.05, 0) is 50.4 Å². The molecule has 4 rings (SSSR count). The van der Waals surface area contributed by atoms with Crippen molar-refractivity contribution in [1.82, 2.24) is 30.0 Å². The van der Waals surface area contributed by atoms with Gasteiger partial charge in [-0.2, -0.15) is 0 Å². The zero-order chi connectivity index (χ0) is 20.4. The van der Waals surface area contributed by atoms with Gasteiger partial charge in [0.05, 0.1) is 11.0 Å². The number of aromatic amines is 1. The second-order valence-corrected chi connectivity index (χ2v) is 7.52. The molecule has 0 bridgehead atoms. The molecule has 0 spiro atoms. The van der Waals surface area contributed by atoms with Crippen molar-refractivity contribution in [3.63, 3.8) is 0 Å². The molecule has 0 radical (unpaired) electrons. The predicted molar refractivity (Wildman–Crippen MR) is 108 cm³/mol. The summed E-state index contributed by atoms with van der Waals surface area (Å²) in [5.41, 5.74) is 0.276. The first-order valence-corrected chi connectivity index (χ1v) is 10.2. The number of H-pyrrole nitrogens is 1. The van der Waals surface area contributed by atoms with Crippen molar-refractivity contribution in [3.05, 3.63) is 40.1 Å². The lowest BCUT2D eigenvalue weighted by Gasteiger charge is -2.35. The van der Waals surface area contributed by atoms with Gasteiger partial charge in [-0.1, -0.05) is 18.6 Å². The summed E-state index contributed by atoms with van der Waals surface area (Å²) in [4.78, 5) is 30.1. The van der Waals surface area contributed by atoms with Crippen LogP contribution in [0.1, 0.15) is 49.5 Å². The molecule has 1 atom stereocenters.